The smallest absolute Gasteiger partial charge is 0.242 e. The van der Waals surface area contributed by atoms with Crippen LogP contribution in [0.2, 0.25) is 0 Å². The van der Waals surface area contributed by atoms with Crippen molar-refractivity contribution in [3.8, 4) is 0 Å². The molecule has 3 aromatic rings. The van der Waals surface area contributed by atoms with E-state index >= 15 is 0 Å². The lowest BCUT2D eigenvalue weighted by Crippen LogP contribution is -2.22. The summed E-state index contributed by atoms with van der Waals surface area (Å²) in [5.41, 5.74) is 1.48. The third-order valence-electron chi connectivity index (χ3n) is 3.95. The van der Waals surface area contributed by atoms with Crippen LogP contribution in [0.3, 0.4) is 0 Å². The van der Waals surface area contributed by atoms with Gasteiger partial charge in [-0.1, -0.05) is 34.1 Å². The Balaban J connectivity index is 1.81. The summed E-state index contributed by atoms with van der Waals surface area (Å²) in [5, 5.41) is 15.9. The van der Waals surface area contributed by atoms with Crippen LogP contribution in [0.25, 0.3) is 10.9 Å². The third kappa shape index (κ3) is 3.62. The van der Waals surface area contributed by atoms with E-state index in [1.807, 2.05) is 24.4 Å². The van der Waals surface area contributed by atoms with Crippen molar-refractivity contribution in [3.63, 3.8) is 0 Å². The van der Waals surface area contributed by atoms with E-state index < -0.39 is 16.1 Å². The fourth-order valence-electron chi connectivity index (χ4n) is 2.51. The summed E-state index contributed by atoms with van der Waals surface area (Å²) >= 11 is 3.48. The third-order valence-corrected chi connectivity index (χ3v) is 6.47. The molecule has 1 atom stereocenters. The van der Waals surface area contributed by atoms with E-state index in [-0.39, 0.29) is 11.4 Å². The first kappa shape index (κ1) is 18.1. The molecule has 0 radical (unpaired) electrons. The van der Waals surface area contributed by atoms with E-state index in [4.69, 9.17) is 0 Å². The van der Waals surface area contributed by atoms with Crippen LogP contribution in [-0.4, -0.2) is 41.7 Å². The van der Waals surface area contributed by atoms with Crippen LogP contribution in [0.4, 0.5) is 0 Å². The molecule has 0 bridgehead atoms. The average Bonchev–Trinajstić information content (AvgIpc) is 2.98. The molecule has 8 heteroatoms. The molecule has 1 N–H and O–H groups in total. The highest BCUT2D eigenvalue weighted by atomic mass is 79.9. The van der Waals surface area contributed by atoms with Crippen LogP contribution < -0.4 is 0 Å². The number of benzene rings is 2. The van der Waals surface area contributed by atoms with Crippen LogP contribution in [0, 0.1) is 0 Å². The number of rotatable bonds is 5. The Hall–Kier alpha value is -1.74. The maximum absolute atomic E-state index is 12.1. The van der Waals surface area contributed by atoms with Gasteiger partial charge in [0.05, 0.1) is 23.1 Å². The van der Waals surface area contributed by atoms with Gasteiger partial charge in [0.1, 0.15) is 0 Å². The van der Waals surface area contributed by atoms with Gasteiger partial charge in [-0.3, -0.25) is 4.68 Å². The predicted molar refractivity (Wildman–Crippen MR) is 99.7 cm³/mol. The molecule has 1 aromatic heterocycles. The molecule has 3 rings (SSSR count). The fourth-order valence-corrected chi connectivity index (χ4v) is 3.87. The van der Waals surface area contributed by atoms with E-state index in [9.17, 15) is 13.5 Å². The second-order valence-corrected chi connectivity index (χ2v) is 8.90. The number of aromatic nitrogens is 2. The quantitative estimate of drug-likeness (QED) is 0.684. The molecular weight excluding hydrogens is 406 g/mol. The number of aliphatic hydroxyl groups excluding tert-OH is 1. The van der Waals surface area contributed by atoms with Crippen molar-refractivity contribution in [2.75, 3.05) is 14.1 Å². The highest BCUT2D eigenvalue weighted by molar-refractivity contribution is 9.10. The number of halogens is 1. The standard InChI is InChI=1S/C17H18BrN3O3S/c1-20(2)25(23,24)13-8-6-12(7-9-13)17(22)11-21-10-14-15(18)4-3-5-16(14)19-21/h3-10,17,22H,11H2,1-2H3. The van der Waals surface area contributed by atoms with Gasteiger partial charge in [-0.15, -0.1) is 0 Å². The number of sulfonamides is 1. The molecule has 0 aliphatic heterocycles. The molecule has 0 spiro atoms. The maximum atomic E-state index is 12.1. The van der Waals surface area contributed by atoms with Crippen molar-refractivity contribution in [1.82, 2.24) is 14.1 Å². The Kier molecular flexibility index (Phi) is 4.97. The summed E-state index contributed by atoms with van der Waals surface area (Å²) in [7, 11) is -0.502. The maximum Gasteiger partial charge on any atom is 0.242 e. The lowest BCUT2D eigenvalue weighted by atomic mass is 10.1. The topological polar surface area (TPSA) is 75.4 Å². The van der Waals surface area contributed by atoms with E-state index in [1.54, 1.807) is 16.8 Å². The van der Waals surface area contributed by atoms with Gasteiger partial charge in [0, 0.05) is 30.2 Å². The number of fused-ring (bicyclic) bond motifs is 1. The average molecular weight is 424 g/mol. The molecule has 2 aromatic carbocycles. The van der Waals surface area contributed by atoms with Gasteiger partial charge in [0.2, 0.25) is 10.0 Å². The number of nitrogens with zero attached hydrogens (tertiary/aromatic N) is 3. The van der Waals surface area contributed by atoms with Gasteiger partial charge in [0.25, 0.3) is 0 Å². The van der Waals surface area contributed by atoms with Crippen LogP contribution in [0.5, 0.6) is 0 Å². The largest absolute Gasteiger partial charge is 0.386 e. The second-order valence-electron chi connectivity index (χ2n) is 5.90. The number of hydrogen-bond acceptors (Lipinski definition) is 4. The Morgan fingerprint density at radius 2 is 1.88 bits per heavy atom. The first-order chi connectivity index (χ1) is 11.8. The first-order valence-corrected chi connectivity index (χ1v) is 9.84. The Labute approximate surface area is 154 Å². The summed E-state index contributed by atoms with van der Waals surface area (Å²) in [4.78, 5) is 0.196. The van der Waals surface area contributed by atoms with Crippen molar-refractivity contribution in [1.29, 1.82) is 0 Å². The van der Waals surface area contributed by atoms with E-state index in [0.717, 1.165) is 19.7 Å². The van der Waals surface area contributed by atoms with Crippen molar-refractivity contribution >= 4 is 36.9 Å². The molecule has 0 fully saturated rings. The number of aliphatic hydroxyl groups is 1. The lowest BCUT2D eigenvalue weighted by molar-refractivity contribution is 0.152. The SMILES string of the molecule is CN(C)S(=O)(=O)c1ccc(C(O)Cn2cc3c(Br)cccc3n2)cc1. The zero-order valence-electron chi connectivity index (χ0n) is 13.8. The minimum absolute atomic E-state index is 0.196. The minimum Gasteiger partial charge on any atom is -0.386 e. The van der Waals surface area contributed by atoms with Gasteiger partial charge < -0.3 is 5.11 Å². The van der Waals surface area contributed by atoms with Crippen LogP contribution in [0.1, 0.15) is 11.7 Å². The Morgan fingerprint density at radius 3 is 2.48 bits per heavy atom. The lowest BCUT2D eigenvalue weighted by Gasteiger charge is -2.14. The Bertz CT molecular complexity index is 998. The molecule has 0 saturated carbocycles. The van der Waals surface area contributed by atoms with Gasteiger partial charge in [-0.2, -0.15) is 5.10 Å². The highest BCUT2D eigenvalue weighted by Gasteiger charge is 2.18. The van der Waals surface area contributed by atoms with Gasteiger partial charge in [-0.05, 0) is 29.8 Å². The number of hydrogen-bond donors (Lipinski definition) is 1. The van der Waals surface area contributed by atoms with Crippen LogP contribution in [0.15, 0.2) is 58.0 Å². The zero-order valence-corrected chi connectivity index (χ0v) is 16.2. The summed E-state index contributed by atoms with van der Waals surface area (Å²) in [6.07, 6.45) is 1.08. The van der Waals surface area contributed by atoms with Crippen molar-refractivity contribution in [2.45, 2.75) is 17.5 Å². The molecule has 6 nitrogen and oxygen atoms in total. The van der Waals surface area contributed by atoms with Gasteiger partial charge in [-0.25, -0.2) is 12.7 Å². The minimum atomic E-state index is -3.47. The van der Waals surface area contributed by atoms with Crippen LogP contribution >= 0.6 is 15.9 Å². The van der Waals surface area contributed by atoms with Crippen molar-refractivity contribution in [3.05, 3.63) is 58.7 Å². The molecular formula is C17H18BrN3O3S. The van der Waals surface area contributed by atoms with E-state index in [0.29, 0.717) is 5.56 Å². The molecule has 1 heterocycles. The van der Waals surface area contributed by atoms with Crippen molar-refractivity contribution in [2.24, 2.45) is 0 Å². The molecule has 0 aliphatic carbocycles. The van der Waals surface area contributed by atoms with Gasteiger partial charge >= 0.3 is 0 Å². The summed E-state index contributed by atoms with van der Waals surface area (Å²) in [5.74, 6) is 0. The van der Waals surface area contributed by atoms with Gasteiger partial charge in [0.15, 0.2) is 0 Å². The Morgan fingerprint density at radius 1 is 1.20 bits per heavy atom. The van der Waals surface area contributed by atoms with E-state index in [1.165, 1.54) is 26.2 Å². The highest BCUT2D eigenvalue weighted by Crippen LogP contribution is 2.24. The summed E-state index contributed by atoms with van der Waals surface area (Å²) in [6.45, 7) is 0.279. The van der Waals surface area contributed by atoms with Crippen molar-refractivity contribution < 1.29 is 13.5 Å². The molecule has 1 unspecified atom stereocenters. The van der Waals surface area contributed by atoms with Crippen LogP contribution in [-0.2, 0) is 16.6 Å². The monoisotopic (exact) mass is 423 g/mol. The first-order valence-electron chi connectivity index (χ1n) is 7.61. The van der Waals surface area contributed by atoms with E-state index in [2.05, 4.69) is 21.0 Å². The molecule has 0 saturated heterocycles. The molecule has 0 amide bonds. The normalized spacial score (nSPS) is 13.5. The predicted octanol–water partition coefficient (Wildman–Crippen LogP) is 2.78. The fraction of sp³-hybridized carbons (Fsp3) is 0.235. The summed E-state index contributed by atoms with van der Waals surface area (Å²) < 4.78 is 28.0. The molecule has 132 valence electrons. The second kappa shape index (κ2) is 6.87. The molecule has 25 heavy (non-hydrogen) atoms. The molecule has 0 aliphatic rings. The summed E-state index contributed by atoms with van der Waals surface area (Å²) in [6, 6.07) is 12.0. The zero-order chi connectivity index (χ0) is 18.2.